The number of allylic oxidation sites excluding steroid dienone is 1. The number of aliphatic imine (C=N–C) groups is 1. The number of nitrogen functional groups attached to an aromatic ring is 1. The number of thiophene rings is 2. The van der Waals surface area contributed by atoms with Crippen LogP contribution in [0.4, 0.5) is 10.7 Å². The highest BCUT2D eigenvalue weighted by Crippen LogP contribution is 2.47. The van der Waals surface area contributed by atoms with Gasteiger partial charge in [-0.05, 0) is 81.1 Å². The first kappa shape index (κ1) is 32.6. The molecule has 3 aromatic heterocycles. The molecule has 0 unspecified atom stereocenters. The Labute approximate surface area is 331 Å². The molecule has 11 rings (SSSR count). The van der Waals surface area contributed by atoms with E-state index in [0.29, 0.717) is 5.00 Å². The standard InChI is InChI=1S/C51H33N3S2/c1-31(34-24-25-39-38-21-11-13-23-46(38)55-47(39)28-34)51(54-44-22-12-10-20-37(44)42-26-35-18-8-9-19-36(35)27-45(42)54)53-49-43-29-40(32-14-4-2-5-15-32)41(30-48(43)56-50(49)52)33-16-6-3-7-17-33/h2-30H,1,52H2/b53-51+. The molecule has 0 aliphatic carbocycles. The van der Waals surface area contributed by atoms with E-state index in [-0.39, 0.29) is 0 Å². The quantitative estimate of drug-likeness (QED) is 0.138. The Hall–Kier alpha value is -6.79. The third-order valence-electron chi connectivity index (χ3n) is 11.0. The lowest BCUT2D eigenvalue weighted by molar-refractivity contribution is 1.27. The smallest absolute Gasteiger partial charge is 0.145 e. The monoisotopic (exact) mass is 751 g/mol. The van der Waals surface area contributed by atoms with Crippen LogP contribution in [0.2, 0.25) is 0 Å². The third kappa shape index (κ3) is 5.20. The van der Waals surface area contributed by atoms with Crippen molar-refractivity contribution in [3.05, 3.63) is 188 Å². The van der Waals surface area contributed by atoms with E-state index in [1.54, 1.807) is 11.3 Å². The van der Waals surface area contributed by atoms with Gasteiger partial charge in [0.25, 0.3) is 0 Å². The Bertz CT molecular complexity index is 3380. The minimum absolute atomic E-state index is 0.667. The molecule has 0 atom stereocenters. The van der Waals surface area contributed by atoms with Gasteiger partial charge in [-0.1, -0.05) is 140 Å². The zero-order valence-corrected chi connectivity index (χ0v) is 31.9. The maximum atomic E-state index is 7.06. The Morgan fingerprint density at radius 3 is 1.86 bits per heavy atom. The highest BCUT2D eigenvalue weighted by molar-refractivity contribution is 7.25. The zero-order chi connectivity index (χ0) is 37.3. The number of nitrogens with zero attached hydrogens (tertiary/aromatic N) is 2. The zero-order valence-electron chi connectivity index (χ0n) is 30.2. The lowest BCUT2D eigenvalue weighted by atomic mass is 9.93. The SMILES string of the molecule is C=C(/C(=N\c1c(N)sc2cc(-c3ccccc3)c(-c3ccccc3)cc12)n1c2ccccc2c2cc3ccccc3cc21)c1ccc2c(c1)sc1ccccc12. The number of rotatable bonds is 5. The van der Waals surface area contributed by atoms with E-state index >= 15 is 0 Å². The Morgan fingerprint density at radius 2 is 1.09 bits per heavy atom. The molecule has 0 saturated heterocycles. The summed E-state index contributed by atoms with van der Waals surface area (Å²) in [5, 5.41) is 8.91. The first-order valence-electron chi connectivity index (χ1n) is 18.7. The van der Waals surface area contributed by atoms with Gasteiger partial charge in [0, 0.05) is 46.6 Å². The van der Waals surface area contributed by atoms with Gasteiger partial charge in [0.05, 0.1) is 11.0 Å². The van der Waals surface area contributed by atoms with Crippen LogP contribution < -0.4 is 5.73 Å². The molecule has 5 heteroatoms. The van der Waals surface area contributed by atoms with E-state index in [4.69, 9.17) is 17.3 Å². The molecule has 264 valence electrons. The summed E-state index contributed by atoms with van der Waals surface area (Å²) in [5.74, 6) is 0.742. The molecule has 0 amide bonds. The molecule has 2 N–H and O–H groups in total. The van der Waals surface area contributed by atoms with Crippen LogP contribution in [-0.4, -0.2) is 10.4 Å². The lowest BCUT2D eigenvalue weighted by Crippen LogP contribution is -2.13. The minimum atomic E-state index is 0.667. The minimum Gasteiger partial charge on any atom is -0.389 e. The molecule has 0 fully saturated rings. The van der Waals surface area contributed by atoms with Crippen molar-refractivity contribution in [3.63, 3.8) is 0 Å². The van der Waals surface area contributed by atoms with E-state index in [0.717, 1.165) is 71.4 Å². The largest absolute Gasteiger partial charge is 0.389 e. The molecule has 0 bridgehead atoms. The molecule has 0 aliphatic heterocycles. The lowest BCUT2D eigenvalue weighted by Gasteiger charge is -2.16. The van der Waals surface area contributed by atoms with Crippen LogP contribution >= 0.6 is 22.7 Å². The summed E-state index contributed by atoms with van der Waals surface area (Å²) in [6.45, 7) is 4.84. The fraction of sp³-hybridized carbons (Fsp3) is 0. The number of fused-ring (bicyclic) bond motifs is 8. The first-order chi connectivity index (χ1) is 27.6. The van der Waals surface area contributed by atoms with Crippen LogP contribution in [0, 0.1) is 0 Å². The molecule has 0 aliphatic rings. The highest BCUT2D eigenvalue weighted by atomic mass is 32.1. The number of benzene rings is 8. The summed E-state index contributed by atoms with van der Waals surface area (Å²) in [7, 11) is 0. The van der Waals surface area contributed by atoms with E-state index < -0.39 is 0 Å². The number of aromatic nitrogens is 1. The maximum absolute atomic E-state index is 7.06. The average molecular weight is 752 g/mol. The number of para-hydroxylation sites is 1. The first-order valence-corrected chi connectivity index (χ1v) is 20.3. The fourth-order valence-corrected chi connectivity index (χ4v) is 10.3. The van der Waals surface area contributed by atoms with Crippen LogP contribution in [0.5, 0.6) is 0 Å². The normalized spacial score (nSPS) is 12.2. The van der Waals surface area contributed by atoms with Crippen LogP contribution in [0.1, 0.15) is 5.56 Å². The van der Waals surface area contributed by atoms with Crippen LogP contribution in [0.25, 0.3) is 90.7 Å². The van der Waals surface area contributed by atoms with Gasteiger partial charge in [-0.2, -0.15) is 0 Å². The molecule has 8 aromatic carbocycles. The van der Waals surface area contributed by atoms with Crippen LogP contribution in [0.15, 0.2) is 187 Å². The molecular weight excluding hydrogens is 719 g/mol. The Morgan fingerprint density at radius 1 is 0.482 bits per heavy atom. The van der Waals surface area contributed by atoms with Crippen molar-refractivity contribution in [1.29, 1.82) is 0 Å². The maximum Gasteiger partial charge on any atom is 0.145 e. The van der Waals surface area contributed by atoms with Crippen molar-refractivity contribution in [2.24, 2.45) is 4.99 Å². The van der Waals surface area contributed by atoms with Crippen molar-refractivity contribution in [3.8, 4) is 22.3 Å². The van der Waals surface area contributed by atoms with Crippen LogP contribution in [-0.2, 0) is 0 Å². The predicted molar refractivity (Wildman–Crippen MR) is 245 cm³/mol. The fourth-order valence-electron chi connectivity index (χ4n) is 8.26. The Balaban J connectivity index is 1.21. The molecule has 0 spiro atoms. The van der Waals surface area contributed by atoms with E-state index in [2.05, 4.69) is 180 Å². The summed E-state index contributed by atoms with van der Waals surface area (Å²) >= 11 is 3.40. The van der Waals surface area contributed by atoms with E-state index in [1.807, 2.05) is 11.3 Å². The van der Waals surface area contributed by atoms with Crippen molar-refractivity contribution >= 4 is 108 Å². The van der Waals surface area contributed by atoms with Crippen molar-refractivity contribution in [2.45, 2.75) is 0 Å². The molecular formula is C51H33N3S2. The van der Waals surface area contributed by atoms with Gasteiger partial charge in [0.15, 0.2) is 0 Å². The van der Waals surface area contributed by atoms with E-state index in [1.165, 1.54) is 36.3 Å². The third-order valence-corrected chi connectivity index (χ3v) is 13.1. The van der Waals surface area contributed by atoms with Crippen molar-refractivity contribution in [1.82, 2.24) is 4.57 Å². The molecule has 3 heterocycles. The van der Waals surface area contributed by atoms with Gasteiger partial charge in [-0.3, -0.25) is 4.57 Å². The van der Waals surface area contributed by atoms with Gasteiger partial charge >= 0.3 is 0 Å². The summed E-state index contributed by atoms with van der Waals surface area (Å²) in [4.78, 5) is 5.67. The summed E-state index contributed by atoms with van der Waals surface area (Å²) in [5.41, 5.74) is 16.4. The molecule has 0 radical (unpaired) electrons. The second-order valence-electron chi connectivity index (χ2n) is 14.2. The average Bonchev–Trinajstić information content (AvgIpc) is 3.89. The summed E-state index contributed by atoms with van der Waals surface area (Å²) in [6, 6.07) is 62.8. The number of nitrogens with two attached hydrogens (primary N) is 1. The second-order valence-corrected chi connectivity index (χ2v) is 16.4. The number of anilines is 1. The Kier molecular flexibility index (Phi) is 7.52. The van der Waals surface area contributed by atoms with Gasteiger partial charge in [-0.15, -0.1) is 22.7 Å². The van der Waals surface area contributed by atoms with Crippen molar-refractivity contribution in [2.75, 3.05) is 5.73 Å². The van der Waals surface area contributed by atoms with E-state index in [9.17, 15) is 0 Å². The highest BCUT2D eigenvalue weighted by Gasteiger charge is 2.22. The second kappa shape index (κ2) is 12.9. The van der Waals surface area contributed by atoms with Gasteiger partial charge in [-0.25, -0.2) is 4.99 Å². The number of hydrogen-bond acceptors (Lipinski definition) is 4. The molecule has 0 saturated carbocycles. The topological polar surface area (TPSA) is 43.3 Å². The van der Waals surface area contributed by atoms with Crippen molar-refractivity contribution < 1.29 is 0 Å². The number of hydrogen-bond donors (Lipinski definition) is 1. The van der Waals surface area contributed by atoms with Gasteiger partial charge < -0.3 is 5.73 Å². The molecule has 56 heavy (non-hydrogen) atoms. The molecule has 11 aromatic rings. The molecule has 3 nitrogen and oxygen atoms in total. The summed E-state index contributed by atoms with van der Waals surface area (Å²) < 4.78 is 5.88. The van der Waals surface area contributed by atoms with Gasteiger partial charge in [0.1, 0.15) is 16.5 Å². The van der Waals surface area contributed by atoms with Crippen LogP contribution in [0.3, 0.4) is 0 Å². The summed E-state index contributed by atoms with van der Waals surface area (Å²) in [6.07, 6.45) is 0. The van der Waals surface area contributed by atoms with Gasteiger partial charge in [0.2, 0.25) is 0 Å². The predicted octanol–water partition coefficient (Wildman–Crippen LogP) is 14.7.